The molecule has 7 rings (SSSR count). The molecule has 2 heterocycles. The summed E-state index contributed by atoms with van der Waals surface area (Å²) in [4.78, 5) is 26.0. The van der Waals surface area contributed by atoms with Crippen LogP contribution in [0.3, 0.4) is 0 Å². The van der Waals surface area contributed by atoms with E-state index in [0.717, 1.165) is 88.1 Å². The van der Waals surface area contributed by atoms with Gasteiger partial charge in [0.05, 0.1) is 29.9 Å². The predicted molar refractivity (Wildman–Crippen MR) is 199 cm³/mol. The topological polar surface area (TPSA) is 203 Å². The van der Waals surface area contributed by atoms with Crippen LogP contribution in [0.2, 0.25) is 0 Å². The summed E-state index contributed by atoms with van der Waals surface area (Å²) in [7, 11) is 0.0754. The van der Waals surface area contributed by atoms with E-state index in [1.807, 2.05) is 61.2 Å². The fourth-order valence-electron chi connectivity index (χ4n) is 6.96. The SMILES string of the molecule is CC(=O)O.CC(c1cc(S(=O)(=O)NC(=O)Cc2c3c(cc4c2CCC4)CCC3)nn1C1CC1)N(C)C.CC(c1cc(S(N)(=O)=O)nn1C1CC1)N(C)C. The number of primary sulfonamides is 1. The summed E-state index contributed by atoms with van der Waals surface area (Å²) in [6.45, 7) is 5.13. The van der Waals surface area contributed by atoms with Crippen molar-refractivity contribution < 1.29 is 31.5 Å². The maximum absolute atomic E-state index is 13.1. The van der Waals surface area contributed by atoms with E-state index in [2.05, 4.69) is 21.0 Å². The Bertz CT molecular complexity index is 2030. The molecule has 0 spiro atoms. The van der Waals surface area contributed by atoms with Gasteiger partial charge in [-0.3, -0.25) is 19.0 Å². The molecule has 15 nitrogen and oxygen atoms in total. The number of aromatic nitrogens is 4. The molecule has 2 aromatic heterocycles. The number of carbonyl (C=O) groups is 2. The third kappa shape index (κ3) is 9.73. The van der Waals surface area contributed by atoms with Crippen LogP contribution in [-0.4, -0.2) is 91.4 Å². The Kier molecular flexibility index (Phi) is 12.2. The third-order valence-corrected chi connectivity index (χ3v) is 12.5. The van der Waals surface area contributed by atoms with Crippen LogP contribution in [0, 0.1) is 0 Å². The largest absolute Gasteiger partial charge is 0.481 e. The molecule has 2 atom stereocenters. The third-order valence-electron chi connectivity index (χ3n) is 10.4. The van der Waals surface area contributed by atoms with Gasteiger partial charge in [0.25, 0.3) is 26.0 Å². The van der Waals surface area contributed by atoms with Gasteiger partial charge in [0.1, 0.15) is 0 Å². The number of hydrogen-bond acceptors (Lipinski definition) is 10. The molecule has 53 heavy (non-hydrogen) atoms. The van der Waals surface area contributed by atoms with Crippen molar-refractivity contribution in [3.05, 3.63) is 57.4 Å². The number of hydrogen-bond donors (Lipinski definition) is 3. The van der Waals surface area contributed by atoms with Gasteiger partial charge < -0.3 is 14.9 Å². The fraction of sp³-hybridized carbons (Fsp3) is 0.611. The summed E-state index contributed by atoms with van der Waals surface area (Å²) in [5, 5.41) is 21.0. The summed E-state index contributed by atoms with van der Waals surface area (Å²) in [5.41, 5.74) is 8.09. The number of carboxylic acid groups (broad SMARTS) is 1. The summed E-state index contributed by atoms with van der Waals surface area (Å²) in [6, 6.07) is 6.25. The number of nitrogens with one attached hydrogen (secondary N) is 1. The van der Waals surface area contributed by atoms with E-state index in [0.29, 0.717) is 6.04 Å². The minimum absolute atomic E-state index is 0.0252. The lowest BCUT2D eigenvalue weighted by Crippen LogP contribution is -2.32. The molecule has 1 amide bonds. The lowest BCUT2D eigenvalue weighted by atomic mass is 9.92. The van der Waals surface area contributed by atoms with Crippen molar-refractivity contribution in [2.24, 2.45) is 5.14 Å². The molecule has 4 aliphatic rings. The van der Waals surface area contributed by atoms with E-state index in [1.54, 1.807) is 12.1 Å². The highest BCUT2D eigenvalue weighted by atomic mass is 32.2. The van der Waals surface area contributed by atoms with Crippen molar-refractivity contribution in [2.45, 2.75) is 126 Å². The summed E-state index contributed by atoms with van der Waals surface area (Å²) >= 11 is 0. The maximum atomic E-state index is 13.1. The molecule has 4 N–H and O–H groups in total. The molecule has 0 radical (unpaired) electrons. The zero-order valence-corrected chi connectivity index (χ0v) is 33.4. The van der Waals surface area contributed by atoms with E-state index in [1.165, 1.54) is 22.3 Å². The van der Waals surface area contributed by atoms with Crippen molar-refractivity contribution in [1.29, 1.82) is 0 Å². The van der Waals surface area contributed by atoms with Gasteiger partial charge in [-0.1, -0.05) is 6.07 Å². The molecule has 0 bridgehead atoms. The average molecular weight is 775 g/mol. The molecule has 4 aliphatic carbocycles. The van der Waals surface area contributed by atoms with Crippen LogP contribution in [0.25, 0.3) is 0 Å². The first-order valence-corrected chi connectivity index (χ1v) is 21.3. The Morgan fingerprint density at radius 3 is 1.62 bits per heavy atom. The summed E-state index contributed by atoms with van der Waals surface area (Å²) in [5.74, 6) is -1.30. The number of aryl methyl sites for hydroxylation is 2. The monoisotopic (exact) mass is 774 g/mol. The smallest absolute Gasteiger partial charge is 0.300 e. The first-order chi connectivity index (χ1) is 24.8. The van der Waals surface area contributed by atoms with Gasteiger partial charge in [-0.15, -0.1) is 0 Å². The molecule has 0 aliphatic heterocycles. The van der Waals surface area contributed by atoms with Crippen molar-refractivity contribution in [3.63, 3.8) is 0 Å². The van der Waals surface area contributed by atoms with Gasteiger partial charge in [-0.25, -0.2) is 18.3 Å². The standard InChI is InChI=1S/C24H32N4O3S.C10H18N4O2S.C2H4O2/c1-15(27(2)3)22-14-24(25-28(22)18-10-11-18)32(30,31)26-23(29)13-21-19-8-4-6-16(19)12-17-7-5-9-20(17)21;1-7(13(2)3)9-6-10(17(11,15)16)12-14(9)8-4-5-8;1-2(3)4/h12,14-15,18H,4-11,13H2,1-3H3,(H,26,29);6-8H,4-5H2,1-3H3,(H2,11,15,16);1H3,(H,3,4). The molecule has 1 aromatic carbocycles. The molecule has 3 aromatic rings. The number of aliphatic carboxylic acids is 1. The first-order valence-electron chi connectivity index (χ1n) is 18.2. The summed E-state index contributed by atoms with van der Waals surface area (Å²) < 4.78 is 54.8. The highest BCUT2D eigenvalue weighted by Crippen LogP contribution is 2.39. The predicted octanol–water partition coefficient (Wildman–Crippen LogP) is 3.44. The number of rotatable bonds is 11. The molecule has 0 saturated heterocycles. The van der Waals surface area contributed by atoms with E-state index >= 15 is 0 Å². The van der Waals surface area contributed by atoms with Gasteiger partial charge in [-0.2, -0.15) is 18.6 Å². The van der Waals surface area contributed by atoms with Gasteiger partial charge in [0.2, 0.25) is 5.91 Å². The molecule has 2 fully saturated rings. The lowest BCUT2D eigenvalue weighted by Gasteiger charge is -2.20. The van der Waals surface area contributed by atoms with Crippen molar-refractivity contribution in [3.8, 4) is 0 Å². The van der Waals surface area contributed by atoms with E-state index in [-0.39, 0.29) is 34.6 Å². The van der Waals surface area contributed by atoms with Crippen molar-refractivity contribution in [2.75, 3.05) is 28.2 Å². The Balaban J connectivity index is 0.000000216. The van der Waals surface area contributed by atoms with Crippen LogP contribution < -0.4 is 9.86 Å². The number of benzene rings is 1. The molecular weight excluding hydrogens is 721 g/mol. The van der Waals surface area contributed by atoms with Crippen LogP contribution in [0.1, 0.15) is 123 Å². The van der Waals surface area contributed by atoms with Crippen LogP contribution in [-0.2, 0) is 61.7 Å². The van der Waals surface area contributed by atoms with Gasteiger partial charge in [0.15, 0.2) is 10.1 Å². The maximum Gasteiger partial charge on any atom is 0.300 e. The Labute approximate surface area is 313 Å². The van der Waals surface area contributed by atoms with E-state index < -0.39 is 31.9 Å². The lowest BCUT2D eigenvalue weighted by molar-refractivity contribution is -0.134. The number of sulfonamides is 2. The second-order valence-corrected chi connectivity index (χ2v) is 18.2. The van der Waals surface area contributed by atoms with Crippen molar-refractivity contribution in [1.82, 2.24) is 34.1 Å². The second-order valence-electron chi connectivity index (χ2n) is 15.1. The number of carboxylic acids is 1. The van der Waals surface area contributed by atoms with Crippen LogP contribution in [0.15, 0.2) is 28.3 Å². The van der Waals surface area contributed by atoms with E-state index in [4.69, 9.17) is 15.0 Å². The average Bonchev–Trinajstić information content (AvgIpc) is 3.83. The normalized spacial score (nSPS) is 17.7. The fourth-order valence-corrected chi connectivity index (χ4v) is 8.40. The minimum Gasteiger partial charge on any atom is -0.481 e. The van der Waals surface area contributed by atoms with Crippen LogP contribution >= 0.6 is 0 Å². The molecule has 2 unspecified atom stereocenters. The number of nitrogens with zero attached hydrogens (tertiary/aromatic N) is 6. The van der Waals surface area contributed by atoms with E-state index in [9.17, 15) is 21.6 Å². The highest BCUT2D eigenvalue weighted by molar-refractivity contribution is 7.90. The van der Waals surface area contributed by atoms with Gasteiger partial charge in [-0.05, 0) is 134 Å². The molecular formula is C36H54N8O7S2. The Morgan fingerprint density at radius 1 is 0.811 bits per heavy atom. The zero-order chi connectivity index (χ0) is 39.0. The first kappa shape index (κ1) is 40.5. The minimum atomic E-state index is -4.02. The van der Waals surface area contributed by atoms with Crippen molar-refractivity contribution >= 4 is 31.9 Å². The number of fused-ring (bicyclic) bond motifs is 2. The number of amides is 1. The highest BCUT2D eigenvalue weighted by Gasteiger charge is 2.34. The molecule has 292 valence electrons. The summed E-state index contributed by atoms with van der Waals surface area (Å²) in [6.07, 6.45) is 10.5. The Hall–Kier alpha value is -3.64. The molecule has 2 saturated carbocycles. The quantitative estimate of drug-likeness (QED) is 0.258. The number of carbonyl (C=O) groups excluding carboxylic acids is 1. The second kappa shape index (κ2) is 16.0. The Morgan fingerprint density at radius 2 is 1.23 bits per heavy atom. The van der Waals surface area contributed by atoms with Gasteiger partial charge in [0, 0.05) is 31.1 Å². The van der Waals surface area contributed by atoms with Crippen LogP contribution in [0.5, 0.6) is 0 Å². The molecule has 17 heteroatoms. The van der Waals surface area contributed by atoms with Crippen LogP contribution in [0.4, 0.5) is 0 Å². The zero-order valence-electron chi connectivity index (χ0n) is 31.8. The number of nitrogens with two attached hydrogens (primary N) is 1. The van der Waals surface area contributed by atoms with Gasteiger partial charge >= 0.3 is 0 Å².